The first-order valence-corrected chi connectivity index (χ1v) is 8.60. The van der Waals surface area contributed by atoms with Crippen LogP contribution in [0.1, 0.15) is 31.2 Å². The van der Waals surface area contributed by atoms with Gasteiger partial charge in [0.2, 0.25) is 0 Å². The van der Waals surface area contributed by atoms with E-state index in [1.54, 1.807) is 4.52 Å². The second-order valence-corrected chi connectivity index (χ2v) is 6.91. The van der Waals surface area contributed by atoms with Crippen LogP contribution in [0.2, 0.25) is 5.15 Å². The van der Waals surface area contributed by atoms with Gasteiger partial charge in [-0.05, 0) is 38.7 Å². The quantitative estimate of drug-likeness (QED) is 0.668. The van der Waals surface area contributed by atoms with E-state index in [-0.39, 0.29) is 0 Å². The largest absolute Gasteiger partial charge is 0.355 e. The number of fused-ring (bicyclic) bond motifs is 1. The van der Waals surface area contributed by atoms with Crippen LogP contribution < -0.4 is 4.90 Å². The number of aromatic nitrogens is 6. The third kappa shape index (κ3) is 2.43. The average Bonchev–Trinajstić information content (AvgIpc) is 3.12. The van der Waals surface area contributed by atoms with E-state index in [0.29, 0.717) is 10.9 Å². The molecule has 0 atom stereocenters. The Labute approximate surface area is 145 Å². The van der Waals surface area contributed by atoms with E-state index in [1.807, 2.05) is 24.6 Å². The Kier molecular flexibility index (Phi) is 3.68. The average molecular weight is 346 g/mol. The molecule has 126 valence electrons. The Hall–Kier alpha value is -2.15. The second kappa shape index (κ2) is 5.73. The number of anilines is 1. The molecule has 8 heteroatoms. The number of halogens is 1. The van der Waals surface area contributed by atoms with Crippen molar-refractivity contribution in [2.24, 2.45) is 5.92 Å². The van der Waals surface area contributed by atoms with E-state index in [1.165, 1.54) is 6.33 Å². The lowest BCUT2D eigenvalue weighted by atomic mass is 9.99. The maximum atomic E-state index is 6.55. The normalized spacial score (nSPS) is 16.2. The predicted octanol–water partition coefficient (Wildman–Crippen LogP) is 2.82. The molecular formula is C16H20ClN7. The van der Waals surface area contributed by atoms with Crippen LogP contribution in [0.5, 0.6) is 0 Å². The fraction of sp³-hybridized carbons (Fsp3) is 0.500. The minimum Gasteiger partial charge on any atom is -0.355 e. The zero-order chi connectivity index (χ0) is 16.8. The van der Waals surface area contributed by atoms with Crippen LogP contribution in [0.3, 0.4) is 0 Å². The minimum absolute atomic E-state index is 0.398. The van der Waals surface area contributed by atoms with Crippen LogP contribution in [0.15, 0.2) is 12.4 Å². The highest BCUT2D eigenvalue weighted by Crippen LogP contribution is 2.33. The first-order chi connectivity index (χ1) is 11.5. The van der Waals surface area contributed by atoms with Crippen LogP contribution in [0.4, 0.5) is 5.82 Å². The Balaban J connectivity index is 1.96. The Morgan fingerprint density at radius 3 is 2.62 bits per heavy atom. The molecule has 0 saturated carbocycles. The summed E-state index contributed by atoms with van der Waals surface area (Å²) >= 11 is 6.55. The molecule has 7 nitrogen and oxygen atoms in total. The summed E-state index contributed by atoms with van der Waals surface area (Å²) in [5.41, 5.74) is 2.73. The second-order valence-electron chi connectivity index (χ2n) is 6.56. The van der Waals surface area contributed by atoms with Crippen LogP contribution in [0.25, 0.3) is 11.5 Å². The molecule has 3 aromatic heterocycles. The first kappa shape index (κ1) is 15.4. The fourth-order valence-corrected chi connectivity index (χ4v) is 3.58. The summed E-state index contributed by atoms with van der Waals surface area (Å²) < 4.78 is 3.63. The first-order valence-electron chi connectivity index (χ1n) is 8.22. The highest BCUT2D eigenvalue weighted by atomic mass is 35.5. The van der Waals surface area contributed by atoms with Gasteiger partial charge in [0.1, 0.15) is 12.0 Å². The third-order valence-corrected chi connectivity index (χ3v) is 4.90. The zero-order valence-corrected chi connectivity index (χ0v) is 14.8. The number of aryl methyl sites for hydroxylation is 2. The third-order valence-electron chi connectivity index (χ3n) is 4.64. The molecule has 0 aliphatic carbocycles. The highest BCUT2D eigenvalue weighted by molar-refractivity contribution is 6.31. The van der Waals surface area contributed by atoms with E-state index in [9.17, 15) is 0 Å². The molecule has 1 saturated heterocycles. The van der Waals surface area contributed by atoms with Gasteiger partial charge in [-0.1, -0.05) is 18.5 Å². The van der Waals surface area contributed by atoms with Gasteiger partial charge in [-0.15, -0.1) is 0 Å². The number of hydrogen-bond donors (Lipinski definition) is 0. The molecule has 0 aromatic carbocycles. The van der Waals surface area contributed by atoms with Crippen LogP contribution >= 0.6 is 11.6 Å². The molecule has 1 aliphatic heterocycles. The van der Waals surface area contributed by atoms with Crippen molar-refractivity contribution in [2.45, 2.75) is 33.6 Å². The van der Waals surface area contributed by atoms with Crippen LogP contribution in [0, 0.1) is 19.8 Å². The maximum Gasteiger partial charge on any atom is 0.255 e. The summed E-state index contributed by atoms with van der Waals surface area (Å²) in [7, 11) is 0. The molecule has 3 aromatic rings. The molecule has 0 amide bonds. The molecule has 0 N–H and O–H groups in total. The number of hydrogen-bond acceptors (Lipinski definition) is 5. The summed E-state index contributed by atoms with van der Waals surface area (Å²) in [5, 5.41) is 9.38. The lowest BCUT2D eigenvalue weighted by Crippen LogP contribution is -2.35. The summed E-state index contributed by atoms with van der Waals surface area (Å²) in [6.07, 6.45) is 3.80. The van der Waals surface area contributed by atoms with Crippen LogP contribution in [-0.4, -0.2) is 42.5 Å². The number of piperidine rings is 1. The van der Waals surface area contributed by atoms with Crippen molar-refractivity contribution in [1.82, 2.24) is 29.4 Å². The van der Waals surface area contributed by atoms with E-state index in [0.717, 1.165) is 54.7 Å². The summed E-state index contributed by atoms with van der Waals surface area (Å²) in [6.45, 7) is 8.21. The zero-order valence-electron chi connectivity index (χ0n) is 14.1. The Morgan fingerprint density at radius 1 is 1.21 bits per heavy atom. The maximum absolute atomic E-state index is 6.55. The number of nitrogens with zero attached hydrogens (tertiary/aromatic N) is 7. The van der Waals surface area contributed by atoms with Crippen molar-refractivity contribution >= 4 is 23.2 Å². The van der Waals surface area contributed by atoms with Gasteiger partial charge in [0.25, 0.3) is 5.78 Å². The molecule has 0 bridgehead atoms. The van der Waals surface area contributed by atoms with Crippen molar-refractivity contribution in [1.29, 1.82) is 0 Å². The molecule has 0 spiro atoms. The van der Waals surface area contributed by atoms with Gasteiger partial charge >= 0.3 is 0 Å². The van der Waals surface area contributed by atoms with E-state index in [2.05, 4.69) is 32.0 Å². The molecule has 24 heavy (non-hydrogen) atoms. The predicted molar refractivity (Wildman–Crippen MR) is 93.0 cm³/mol. The van der Waals surface area contributed by atoms with Gasteiger partial charge in [0.05, 0.1) is 5.69 Å². The molecular weight excluding hydrogens is 326 g/mol. The monoisotopic (exact) mass is 345 g/mol. The van der Waals surface area contributed by atoms with Crippen molar-refractivity contribution < 1.29 is 0 Å². The summed E-state index contributed by atoms with van der Waals surface area (Å²) in [4.78, 5) is 10.9. The highest BCUT2D eigenvalue weighted by Gasteiger charge is 2.26. The smallest absolute Gasteiger partial charge is 0.255 e. The van der Waals surface area contributed by atoms with Gasteiger partial charge in [0.15, 0.2) is 11.0 Å². The van der Waals surface area contributed by atoms with Crippen LogP contribution in [-0.2, 0) is 0 Å². The molecule has 1 fully saturated rings. The summed E-state index contributed by atoms with van der Waals surface area (Å²) in [6, 6.07) is 2.03. The minimum atomic E-state index is 0.398. The Morgan fingerprint density at radius 2 is 1.96 bits per heavy atom. The molecule has 0 radical (unpaired) electrons. The topological polar surface area (TPSA) is 64.1 Å². The molecule has 1 aliphatic rings. The van der Waals surface area contributed by atoms with Crippen molar-refractivity contribution in [3.63, 3.8) is 0 Å². The molecule has 4 rings (SSSR count). The van der Waals surface area contributed by atoms with Crippen molar-refractivity contribution in [2.75, 3.05) is 18.0 Å². The summed E-state index contributed by atoms with van der Waals surface area (Å²) in [5.74, 6) is 2.17. The van der Waals surface area contributed by atoms with E-state index >= 15 is 0 Å². The van der Waals surface area contributed by atoms with Crippen molar-refractivity contribution in [3.05, 3.63) is 28.9 Å². The standard InChI is InChI=1S/C16H20ClN7/c1-10-4-6-22(7-5-10)15-13(23-12(3)8-11(2)21-23)14(17)20-16-18-9-19-24(15)16/h8-10H,4-7H2,1-3H3. The van der Waals surface area contributed by atoms with Gasteiger partial charge in [-0.3, -0.25) is 0 Å². The van der Waals surface area contributed by atoms with E-state index < -0.39 is 0 Å². The Bertz CT molecular complexity index is 889. The van der Waals surface area contributed by atoms with Gasteiger partial charge in [-0.2, -0.15) is 24.7 Å². The van der Waals surface area contributed by atoms with Crippen molar-refractivity contribution in [3.8, 4) is 5.69 Å². The van der Waals surface area contributed by atoms with Gasteiger partial charge in [0, 0.05) is 18.8 Å². The van der Waals surface area contributed by atoms with Gasteiger partial charge in [-0.25, -0.2) is 4.68 Å². The SMILES string of the molecule is Cc1cc(C)n(-c2c(Cl)nc3ncnn3c2N2CCC(C)CC2)n1. The molecule has 0 unspecified atom stereocenters. The lowest BCUT2D eigenvalue weighted by molar-refractivity contribution is 0.434. The lowest BCUT2D eigenvalue weighted by Gasteiger charge is -2.33. The number of rotatable bonds is 2. The van der Waals surface area contributed by atoms with Gasteiger partial charge < -0.3 is 4.90 Å². The fourth-order valence-electron chi connectivity index (χ4n) is 3.34. The molecule has 4 heterocycles. The van der Waals surface area contributed by atoms with E-state index in [4.69, 9.17) is 11.6 Å².